The number of carbonyl (C=O) groups excluding carboxylic acids is 1. The van der Waals surface area contributed by atoms with Gasteiger partial charge in [0.25, 0.3) is 5.56 Å². The molecule has 0 aliphatic carbocycles. The first-order valence-electron chi connectivity index (χ1n) is 8.67. The lowest BCUT2D eigenvalue weighted by Crippen LogP contribution is -2.38. The van der Waals surface area contributed by atoms with Gasteiger partial charge < -0.3 is 10.0 Å². The van der Waals surface area contributed by atoms with E-state index in [-0.39, 0.29) is 36.9 Å². The summed E-state index contributed by atoms with van der Waals surface area (Å²) in [5.74, 6) is -0.417. The number of benzene rings is 1. The van der Waals surface area contributed by atoms with Crippen LogP contribution >= 0.6 is 0 Å². The molecule has 0 saturated carbocycles. The quantitative estimate of drug-likeness (QED) is 0.815. The van der Waals surface area contributed by atoms with Crippen LogP contribution in [0.4, 0.5) is 4.39 Å². The molecule has 0 bridgehead atoms. The zero-order chi connectivity index (χ0) is 19.3. The van der Waals surface area contributed by atoms with Gasteiger partial charge in [-0.25, -0.2) is 9.37 Å². The summed E-state index contributed by atoms with van der Waals surface area (Å²) in [4.78, 5) is 31.5. The summed E-state index contributed by atoms with van der Waals surface area (Å²) in [7, 11) is 0. The summed E-state index contributed by atoms with van der Waals surface area (Å²) in [6.45, 7) is 6.08. The SMILES string of the molecule is CCN(CC)C(=O)Cn1c(-c2cccc(F)c2)nc(C)c(CCO)c1=O. The highest BCUT2D eigenvalue weighted by molar-refractivity contribution is 5.76. The van der Waals surface area contributed by atoms with Gasteiger partial charge in [-0.2, -0.15) is 0 Å². The van der Waals surface area contributed by atoms with Gasteiger partial charge in [0.2, 0.25) is 5.91 Å². The van der Waals surface area contributed by atoms with E-state index in [1.54, 1.807) is 17.9 Å². The van der Waals surface area contributed by atoms with E-state index in [1.165, 1.54) is 22.8 Å². The summed E-state index contributed by atoms with van der Waals surface area (Å²) in [6, 6.07) is 5.77. The number of hydrogen-bond acceptors (Lipinski definition) is 4. The molecule has 0 fully saturated rings. The molecule has 0 unspecified atom stereocenters. The van der Waals surface area contributed by atoms with E-state index in [4.69, 9.17) is 0 Å². The van der Waals surface area contributed by atoms with Gasteiger partial charge in [0, 0.05) is 42.9 Å². The monoisotopic (exact) mass is 361 g/mol. The van der Waals surface area contributed by atoms with Crippen LogP contribution in [0.5, 0.6) is 0 Å². The first-order valence-corrected chi connectivity index (χ1v) is 8.67. The van der Waals surface area contributed by atoms with Crippen molar-refractivity contribution < 1.29 is 14.3 Å². The van der Waals surface area contributed by atoms with Crippen molar-refractivity contribution in [3.8, 4) is 11.4 Å². The molecular weight excluding hydrogens is 337 g/mol. The molecule has 26 heavy (non-hydrogen) atoms. The fraction of sp³-hybridized carbons (Fsp3) is 0.421. The molecule has 0 atom stereocenters. The Balaban J connectivity index is 2.63. The maximum atomic E-state index is 13.7. The summed E-state index contributed by atoms with van der Waals surface area (Å²) < 4.78 is 14.9. The van der Waals surface area contributed by atoms with E-state index in [2.05, 4.69) is 4.98 Å². The molecular formula is C19H24FN3O3. The maximum Gasteiger partial charge on any atom is 0.257 e. The Hall–Kier alpha value is -2.54. The minimum atomic E-state index is -0.449. The Kier molecular flexibility index (Phi) is 6.63. The number of likely N-dealkylation sites (N-methyl/N-ethyl adjacent to an activating group) is 1. The van der Waals surface area contributed by atoms with Crippen LogP contribution in [0.15, 0.2) is 29.1 Å². The average molecular weight is 361 g/mol. The van der Waals surface area contributed by atoms with Gasteiger partial charge in [-0.3, -0.25) is 14.2 Å². The summed E-state index contributed by atoms with van der Waals surface area (Å²) in [5, 5.41) is 9.23. The number of aryl methyl sites for hydroxylation is 1. The third-order valence-corrected chi connectivity index (χ3v) is 4.32. The molecule has 6 nitrogen and oxygen atoms in total. The Morgan fingerprint density at radius 2 is 2.00 bits per heavy atom. The maximum absolute atomic E-state index is 13.7. The van der Waals surface area contributed by atoms with Crippen molar-refractivity contribution in [3.05, 3.63) is 51.7 Å². The van der Waals surface area contributed by atoms with E-state index in [0.717, 1.165) is 0 Å². The number of hydrogen-bond donors (Lipinski definition) is 1. The van der Waals surface area contributed by atoms with Crippen molar-refractivity contribution in [1.29, 1.82) is 0 Å². The minimum Gasteiger partial charge on any atom is -0.396 e. The first kappa shape index (κ1) is 19.8. The molecule has 0 aliphatic heterocycles. The lowest BCUT2D eigenvalue weighted by Gasteiger charge is -2.21. The predicted octanol–water partition coefficient (Wildman–Crippen LogP) is 1.76. The van der Waals surface area contributed by atoms with Crippen LogP contribution in [0.3, 0.4) is 0 Å². The van der Waals surface area contributed by atoms with Crippen LogP contribution < -0.4 is 5.56 Å². The zero-order valence-corrected chi connectivity index (χ0v) is 15.3. The lowest BCUT2D eigenvalue weighted by molar-refractivity contribution is -0.131. The van der Waals surface area contributed by atoms with Crippen molar-refractivity contribution in [3.63, 3.8) is 0 Å². The molecule has 2 aromatic rings. The molecule has 1 aromatic heterocycles. The second-order valence-electron chi connectivity index (χ2n) is 5.94. The number of aromatic nitrogens is 2. The van der Waals surface area contributed by atoms with Crippen molar-refractivity contribution in [2.45, 2.75) is 33.7 Å². The Morgan fingerprint density at radius 1 is 1.31 bits per heavy atom. The summed E-state index contributed by atoms with van der Waals surface area (Å²) in [5.41, 5.74) is 0.870. The van der Waals surface area contributed by atoms with Crippen LogP contribution in [0.1, 0.15) is 25.1 Å². The normalized spacial score (nSPS) is 10.8. The fourth-order valence-electron chi connectivity index (χ4n) is 2.91. The summed E-state index contributed by atoms with van der Waals surface area (Å²) in [6.07, 6.45) is 0.153. The molecule has 0 aliphatic rings. The topological polar surface area (TPSA) is 75.4 Å². The number of rotatable bonds is 7. The highest BCUT2D eigenvalue weighted by atomic mass is 19.1. The second-order valence-corrected chi connectivity index (χ2v) is 5.94. The largest absolute Gasteiger partial charge is 0.396 e. The number of carbonyl (C=O) groups is 1. The summed E-state index contributed by atoms with van der Waals surface area (Å²) >= 11 is 0. The van der Waals surface area contributed by atoms with Gasteiger partial charge in [-0.15, -0.1) is 0 Å². The van der Waals surface area contributed by atoms with Crippen molar-refractivity contribution in [1.82, 2.24) is 14.5 Å². The van der Waals surface area contributed by atoms with Crippen LogP contribution in [0.25, 0.3) is 11.4 Å². The van der Waals surface area contributed by atoms with Crippen LogP contribution in [0.2, 0.25) is 0 Å². The lowest BCUT2D eigenvalue weighted by atomic mass is 10.1. The molecule has 2 rings (SSSR count). The fourth-order valence-corrected chi connectivity index (χ4v) is 2.91. The molecule has 0 radical (unpaired) electrons. The number of halogens is 1. The van der Waals surface area contributed by atoms with Gasteiger partial charge in [0.1, 0.15) is 18.2 Å². The van der Waals surface area contributed by atoms with E-state index in [9.17, 15) is 19.1 Å². The van der Waals surface area contributed by atoms with Gasteiger partial charge >= 0.3 is 0 Å². The average Bonchev–Trinajstić information content (AvgIpc) is 2.62. The highest BCUT2D eigenvalue weighted by Gasteiger charge is 2.19. The molecule has 0 saturated heterocycles. The first-order chi connectivity index (χ1) is 12.4. The third kappa shape index (κ3) is 4.16. The minimum absolute atomic E-state index is 0.153. The van der Waals surface area contributed by atoms with Gasteiger partial charge in [-0.05, 0) is 32.9 Å². The van der Waals surface area contributed by atoms with E-state index < -0.39 is 5.82 Å². The highest BCUT2D eigenvalue weighted by Crippen LogP contribution is 2.19. The number of aliphatic hydroxyl groups is 1. The molecule has 1 amide bonds. The van der Waals surface area contributed by atoms with Crippen LogP contribution in [-0.2, 0) is 17.8 Å². The molecule has 7 heteroatoms. The predicted molar refractivity (Wildman–Crippen MR) is 97.3 cm³/mol. The number of aliphatic hydroxyl groups excluding tert-OH is 1. The van der Waals surface area contributed by atoms with E-state index in [1.807, 2.05) is 13.8 Å². The third-order valence-electron chi connectivity index (χ3n) is 4.32. The Bertz CT molecular complexity index is 844. The van der Waals surface area contributed by atoms with Crippen molar-refractivity contribution in [2.75, 3.05) is 19.7 Å². The molecule has 140 valence electrons. The van der Waals surface area contributed by atoms with E-state index in [0.29, 0.717) is 29.9 Å². The van der Waals surface area contributed by atoms with Crippen LogP contribution in [-0.4, -0.2) is 45.2 Å². The smallest absolute Gasteiger partial charge is 0.257 e. The Morgan fingerprint density at radius 3 is 2.58 bits per heavy atom. The Labute approximate surface area is 151 Å². The zero-order valence-electron chi connectivity index (χ0n) is 15.3. The van der Waals surface area contributed by atoms with Gasteiger partial charge in [0.15, 0.2) is 0 Å². The second kappa shape index (κ2) is 8.71. The van der Waals surface area contributed by atoms with Crippen molar-refractivity contribution in [2.24, 2.45) is 0 Å². The number of amides is 1. The van der Waals surface area contributed by atoms with E-state index >= 15 is 0 Å². The standard InChI is InChI=1S/C19H24FN3O3/c1-4-22(5-2)17(25)12-23-18(14-7-6-8-15(20)11-14)21-13(3)16(9-10-24)19(23)26/h6-8,11,24H,4-5,9-10,12H2,1-3H3. The number of nitrogens with zero attached hydrogens (tertiary/aromatic N) is 3. The van der Waals surface area contributed by atoms with Crippen LogP contribution in [0, 0.1) is 12.7 Å². The molecule has 1 aromatic carbocycles. The molecule has 1 N–H and O–H groups in total. The van der Waals surface area contributed by atoms with Gasteiger partial charge in [0.05, 0.1) is 0 Å². The molecule has 1 heterocycles. The van der Waals surface area contributed by atoms with Gasteiger partial charge in [-0.1, -0.05) is 12.1 Å². The molecule has 0 spiro atoms. The van der Waals surface area contributed by atoms with Crippen molar-refractivity contribution >= 4 is 5.91 Å².